The van der Waals surface area contributed by atoms with Crippen LogP contribution in [0.4, 0.5) is 0 Å². The maximum absolute atomic E-state index is 13.1. The molecule has 0 aliphatic carbocycles. The molecular formula is C20H31N3O4. The number of nitrogens with one attached hydrogen (secondary N) is 1. The minimum absolute atomic E-state index is 0.0191. The van der Waals surface area contributed by atoms with Crippen molar-refractivity contribution in [2.45, 2.75) is 12.8 Å². The highest BCUT2D eigenvalue weighted by Gasteiger charge is 2.28. The largest absolute Gasteiger partial charge is 0.493 e. The van der Waals surface area contributed by atoms with Gasteiger partial charge in [-0.25, -0.2) is 0 Å². The zero-order valence-corrected chi connectivity index (χ0v) is 16.6. The summed E-state index contributed by atoms with van der Waals surface area (Å²) in [7, 11) is 4.67. The number of methoxy groups -OCH3 is 3. The number of amides is 1. The Labute approximate surface area is 161 Å². The average Bonchev–Trinajstić information content (AvgIpc) is 2.73. The van der Waals surface area contributed by atoms with Crippen molar-refractivity contribution in [3.63, 3.8) is 0 Å². The van der Waals surface area contributed by atoms with Gasteiger partial charge in [-0.1, -0.05) is 0 Å². The average molecular weight is 377 g/mol. The maximum Gasteiger partial charge on any atom is 0.257 e. The van der Waals surface area contributed by atoms with Crippen LogP contribution >= 0.6 is 0 Å². The first-order chi connectivity index (χ1) is 13.2. The van der Waals surface area contributed by atoms with Gasteiger partial charge in [0.15, 0.2) is 11.5 Å². The molecular weight excluding hydrogens is 346 g/mol. The fraction of sp³-hybridized carbons (Fsp3) is 0.650. The van der Waals surface area contributed by atoms with Gasteiger partial charge < -0.3 is 24.4 Å². The van der Waals surface area contributed by atoms with Gasteiger partial charge in [-0.2, -0.15) is 0 Å². The van der Waals surface area contributed by atoms with E-state index in [0.717, 1.165) is 51.7 Å². The lowest BCUT2D eigenvalue weighted by Gasteiger charge is -2.37. The predicted octanol–water partition coefficient (Wildman–Crippen LogP) is 1.47. The summed E-state index contributed by atoms with van der Waals surface area (Å²) in [5.41, 5.74) is 0.516. The number of hydrogen-bond acceptors (Lipinski definition) is 6. The maximum atomic E-state index is 13.1. The van der Waals surface area contributed by atoms with Crippen LogP contribution in [0.15, 0.2) is 12.1 Å². The van der Waals surface area contributed by atoms with Crippen LogP contribution in [-0.4, -0.2) is 82.8 Å². The number of piperidine rings is 1. The van der Waals surface area contributed by atoms with E-state index in [2.05, 4.69) is 10.2 Å². The summed E-state index contributed by atoms with van der Waals surface area (Å²) in [5, 5.41) is 3.42. The normalized spacial score (nSPS) is 19.0. The minimum atomic E-state index is -0.0191. The Morgan fingerprint density at radius 2 is 1.67 bits per heavy atom. The molecule has 7 heteroatoms. The van der Waals surface area contributed by atoms with Crippen molar-refractivity contribution >= 4 is 5.91 Å². The molecule has 1 aromatic carbocycles. The summed E-state index contributed by atoms with van der Waals surface area (Å²) in [6.45, 7) is 6.72. The molecule has 1 amide bonds. The summed E-state index contributed by atoms with van der Waals surface area (Å²) in [6, 6.07) is 3.51. The Balaban J connectivity index is 1.63. The number of rotatable bonds is 6. The Morgan fingerprint density at radius 3 is 2.26 bits per heavy atom. The van der Waals surface area contributed by atoms with Crippen molar-refractivity contribution in [3.8, 4) is 17.2 Å². The molecule has 0 unspecified atom stereocenters. The van der Waals surface area contributed by atoms with E-state index in [9.17, 15) is 4.79 Å². The zero-order valence-electron chi connectivity index (χ0n) is 16.6. The Kier molecular flexibility index (Phi) is 6.79. The Bertz CT molecular complexity index is 638. The summed E-state index contributed by atoms with van der Waals surface area (Å²) in [6.07, 6.45) is 2.50. The van der Waals surface area contributed by atoms with Gasteiger partial charge in [-0.05, 0) is 44.0 Å². The Hall–Kier alpha value is -1.99. The second-order valence-electron chi connectivity index (χ2n) is 7.17. The van der Waals surface area contributed by atoms with Crippen molar-refractivity contribution in [3.05, 3.63) is 17.7 Å². The van der Waals surface area contributed by atoms with Crippen LogP contribution in [0.25, 0.3) is 0 Å². The topological polar surface area (TPSA) is 63.3 Å². The monoisotopic (exact) mass is 377 g/mol. The molecule has 1 aromatic rings. The molecule has 27 heavy (non-hydrogen) atoms. The third-order valence-electron chi connectivity index (χ3n) is 5.57. The van der Waals surface area contributed by atoms with E-state index < -0.39 is 0 Å². The first-order valence-corrected chi connectivity index (χ1v) is 9.69. The molecule has 2 aliphatic heterocycles. The molecule has 0 bridgehead atoms. The van der Waals surface area contributed by atoms with Crippen LogP contribution in [0, 0.1) is 5.92 Å². The smallest absolute Gasteiger partial charge is 0.257 e. The first kappa shape index (κ1) is 19.8. The fourth-order valence-corrected chi connectivity index (χ4v) is 4.00. The number of ether oxygens (including phenoxy) is 3. The lowest BCUT2D eigenvalue weighted by molar-refractivity contribution is 0.0604. The van der Waals surface area contributed by atoms with Crippen molar-refractivity contribution < 1.29 is 19.0 Å². The van der Waals surface area contributed by atoms with Crippen molar-refractivity contribution in [2.24, 2.45) is 5.92 Å². The molecule has 1 N–H and O–H groups in total. The molecule has 0 spiro atoms. The standard InChI is InChI=1S/C20H31N3O4/c1-25-17-5-4-16(18(26-2)19(17)27-3)20(24)23-12-10-22(11-13-23)14-15-6-8-21-9-7-15/h4-5,15,21H,6-14H2,1-3H3. The van der Waals surface area contributed by atoms with Gasteiger partial charge in [0.25, 0.3) is 5.91 Å². The second kappa shape index (κ2) is 9.28. The molecule has 0 atom stereocenters. The van der Waals surface area contributed by atoms with Gasteiger partial charge in [0.05, 0.1) is 26.9 Å². The van der Waals surface area contributed by atoms with Crippen LogP contribution in [-0.2, 0) is 0 Å². The molecule has 0 saturated carbocycles. The van der Waals surface area contributed by atoms with Gasteiger partial charge in [-0.3, -0.25) is 9.69 Å². The zero-order chi connectivity index (χ0) is 19.2. The lowest BCUT2D eigenvalue weighted by Crippen LogP contribution is -2.50. The molecule has 7 nitrogen and oxygen atoms in total. The number of carbonyl (C=O) groups excluding carboxylic acids is 1. The van der Waals surface area contributed by atoms with Crippen LogP contribution in [0.3, 0.4) is 0 Å². The summed E-state index contributed by atoms with van der Waals surface area (Å²) in [4.78, 5) is 17.5. The van der Waals surface area contributed by atoms with Gasteiger partial charge in [0.1, 0.15) is 0 Å². The molecule has 2 fully saturated rings. The highest BCUT2D eigenvalue weighted by molar-refractivity contribution is 5.98. The third kappa shape index (κ3) is 4.47. The van der Waals surface area contributed by atoms with E-state index in [1.54, 1.807) is 33.5 Å². The molecule has 2 aliphatic rings. The van der Waals surface area contributed by atoms with Gasteiger partial charge >= 0.3 is 0 Å². The summed E-state index contributed by atoms with van der Waals surface area (Å²) >= 11 is 0. The van der Waals surface area contributed by atoms with Gasteiger partial charge in [0, 0.05) is 32.7 Å². The van der Waals surface area contributed by atoms with Crippen molar-refractivity contribution in [2.75, 3.05) is 67.1 Å². The minimum Gasteiger partial charge on any atom is -0.493 e. The summed E-state index contributed by atoms with van der Waals surface area (Å²) < 4.78 is 16.2. The van der Waals surface area contributed by atoms with Crippen LogP contribution in [0.2, 0.25) is 0 Å². The van der Waals surface area contributed by atoms with Crippen molar-refractivity contribution in [1.82, 2.24) is 15.1 Å². The molecule has 2 heterocycles. The first-order valence-electron chi connectivity index (χ1n) is 9.69. The van der Waals surface area contributed by atoms with E-state index in [4.69, 9.17) is 14.2 Å². The fourth-order valence-electron chi connectivity index (χ4n) is 4.00. The number of hydrogen-bond donors (Lipinski definition) is 1. The van der Waals surface area contributed by atoms with E-state index in [1.165, 1.54) is 12.8 Å². The SMILES string of the molecule is COc1ccc(C(=O)N2CCN(CC3CCNCC3)CC2)c(OC)c1OC. The predicted molar refractivity (Wildman–Crippen MR) is 104 cm³/mol. The Morgan fingerprint density at radius 1 is 1.00 bits per heavy atom. The third-order valence-corrected chi connectivity index (χ3v) is 5.57. The molecule has 3 rings (SSSR count). The van der Waals surface area contributed by atoms with Crippen LogP contribution < -0.4 is 19.5 Å². The number of nitrogens with zero attached hydrogens (tertiary/aromatic N) is 2. The van der Waals surface area contributed by atoms with Crippen molar-refractivity contribution in [1.29, 1.82) is 0 Å². The van der Waals surface area contributed by atoms with E-state index in [-0.39, 0.29) is 5.91 Å². The molecule has 0 aromatic heterocycles. The van der Waals surface area contributed by atoms with E-state index in [0.29, 0.717) is 22.8 Å². The van der Waals surface area contributed by atoms with Crippen LogP contribution in [0.1, 0.15) is 23.2 Å². The van der Waals surface area contributed by atoms with E-state index >= 15 is 0 Å². The quantitative estimate of drug-likeness (QED) is 0.810. The number of benzene rings is 1. The molecule has 150 valence electrons. The van der Waals surface area contributed by atoms with E-state index in [1.807, 2.05) is 4.90 Å². The van der Waals surface area contributed by atoms with Gasteiger partial charge in [-0.15, -0.1) is 0 Å². The lowest BCUT2D eigenvalue weighted by atomic mass is 9.97. The number of piperazine rings is 1. The van der Waals surface area contributed by atoms with Crippen LogP contribution in [0.5, 0.6) is 17.2 Å². The van der Waals surface area contributed by atoms with Gasteiger partial charge in [0.2, 0.25) is 5.75 Å². The molecule has 2 saturated heterocycles. The summed E-state index contributed by atoms with van der Waals surface area (Å²) in [5.74, 6) is 2.20. The molecule has 0 radical (unpaired) electrons. The highest BCUT2D eigenvalue weighted by Crippen LogP contribution is 2.40. The number of carbonyl (C=O) groups is 1. The highest BCUT2D eigenvalue weighted by atomic mass is 16.5. The second-order valence-corrected chi connectivity index (χ2v) is 7.17.